The zero-order valence-corrected chi connectivity index (χ0v) is 79.6. The van der Waals surface area contributed by atoms with Gasteiger partial charge in [-0.25, -0.2) is 4.79 Å². The van der Waals surface area contributed by atoms with Gasteiger partial charge >= 0.3 is 13.6 Å². The van der Waals surface area contributed by atoms with Crippen LogP contribution < -0.4 is 42.6 Å². The summed E-state index contributed by atoms with van der Waals surface area (Å²) in [4.78, 5) is 32.4. The van der Waals surface area contributed by atoms with Crippen molar-refractivity contribution >= 4 is 13.6 Å². The Balaban J connectivity index is 0.825. The third-order valence-electron chi connectivity index (χ3n) is 23.9. The van der Waals surface area contributed by atoms with E-state index in [4.69, 9.17) is 47.4 Å². The van der Waals surface area contributed by atoms with Crippen LogP contribution in [0.1, 0.15) is 378 Å². The molecule has 7 rings (SSSR count). The zero-order valence-electron chi connectivity index (χ0n) is 78.7. The molecule has 0 radical (unpaired) electrons. The van der Waals surface area contributed by atoms with E-state index < -0.39 is 7.60 Å². The van der Waals surface area contributed by atoms with Crippen LogP contribution in [0.25, 0.3) is 33.4 Å². The highest BCUT2D eigenvalue weighted by Gasteiger charge is 2.21. The van der Waals surface area contributed by atoms with Gasteiger partial charge in [0.05, 0.1) is 71.6 Å². The Labute approximate surface area is 763 Å². The van der Waals surface area contributed by atoms with Crippen LogP contribution in [-0.4, -0.2) is 88.0 Å². The molecule has 2 N–H and O–H groups in total. The number of ether oxygens (including phenoxy) is 10. The van der Waals surface area contributed by atoms with Gasteiger partial charge in [0.25, 0.3) is 0 Å². The Morgan fingerprint density at radius 3 is 0.603 bits per heavy atom. The highest BCUT2D eigenvalue weighted by Crippen LogP contribution is 2.41. The molecule has 0 saturated heterocycles. The molecule has 0 bridgehead atoms. The summed E-state index contributed by atoms with van der Waals surface area (Å²) in [7, 11) is -3.92. The van der Waals surface area contributed by atoms with Gasteiger partial charge in [-0.1, -0.05) is 370 Å². The van der Waals surface area contributed by atoms with Crippen LogP contribution in [0, 0.1) is 0 Å². The maximum absolute atomic E-state index is 14.0. The van der Waals surface area contributed by atoms with Gasteiger partial charge in [0.15, 0.2) is 11.5 Å². The van der Waals surface area contributed by atoms with Crippen LogP contribution in [0.5, 0.6) is 51.7 Å². The van der Waals surface area contributed by atoms with Gasteiger partial charge in [-0.3, -0.25) is 4.57 Å². The smallest absolute Gasteiger partial charge is 0.338 e. The number of rotatable bonds is 82. The van der Waals surface area contributed by atoms with E-state index in [0.717, 1.165) is 241 Å². The maximum atomic E-state index is 14.0. The van der Waals surface area contributed by atoms with Crippen molar-refractivity contribution in [3.05, 3.63) is 163 Å². The molecule has 7 aromatic rings. The normalized spacial score (nSPS) is 11.4. The molecule has 700 valence electrons. The lowest BCUT2D eigenvalue weighted by molar-refractivity contribution is 0.0496. The highest BCUT2D eigenvalue weighted by atomic mass is 31.2. The maximum Gasteiger partial charge on any atom is 0.338 e. The van der Waals surface area contributed by atoms with Gasteiger partial charge in [-0.15, -0.1) is 0 Å². The first-order chi connectivity index (χ1) is 62.1. The van der Waals surface area contributed by atoms with E-state index in [1.807, 2.05) is 12.1 Å². The predicted octanol–water partition coefficient (Wildman–Crippen LogP) is 32.7. The summed E-state index contributed by atoms with van der Waals surface area (Å²) in [5.74, 6) is 6.83. The predicted molar refractivity (Wildman–Crippen MR) is 525 cm³/mol. The Morgan fingerprint density at radius 1 is 0.222 bits per heavy atom. The minimum absolute atomic E-state index is 0.0318. The van der Waals surface area contributed by atoms with Gasteiger partial charge in [0.2, 0.25) is 5.75 Å². The summed E-state index contributed by atoms with van der Waals surface area (Å²) in [6, 6.07) is 54.4. The van der Waals surface area contributed by atoms with E-state index in [0.29, 0.717) is 55.7 Å². The molecule has 0 saturated carbocycles. The molecule has 0 aromatic heterocycles. The van der Waals surface area contributed by atoms with E-state index in [2.05, 4.69) is 166 Å². The van der Waals surface area contributed by atoms with Crippen LogP contribution in [0.15, 0.2) is 158 Å². The van der Waals surface area contributed by atoms with Crippen LogP contribution in [-0.2, 0) is 9.30 Å². The second-order valence-corrected chi connectivity index (χ2v) is 36.9. The number of carbonyl (C=O) groups excluding carboxylic acids is 1. The molecule has 0 atom stereocenters. The number of hydrogen-bond acceptors (Lipinski definition) is 12. The molecular formula is C111H167O14P. The number of unbranched alkanes of at least 4 members (excludes halogenated alkanes) is 47. The molecule has 0 aliphatic carbocycles. The Morgan fingerprint density at radius 2 is 0.397 bits per heavy atom. The van der Waals surface area contributed by atoms with Crippen molar-refractivity contribution in [2.45, 2.75) is 367 Å². The average molecular weight is 1760 g/mol. The number of carbonyl (C=O) groups is 1. The molecule has 0 aliphatic rings. The van der Waals surface area contributed by atoms with E-state index in [1.165, 1.54) is 207 Å². The van der Waals surface area contributed by atoms with E-state index >= 15 is 0 Å². The molecule has 0 unspecified atom stereocenters. The first-order valence-corrected chi connectivity index (χ1v) is 52.5. The lowest BCUT2D eigenvalue weighted by Gasteiger charge is -2.19. The highest BCUT2D eigenvalue weighted by molar-refractivity contribution is 7.51. The van der Waals surface area contributed by atoms with Crippen LogP contribution in [0.4, 0.5) is 0 Å². The Hall–Kier alpha value is -7.64. The molecule has 0 heterocycles. The van der Waals surface area contributed by atoms with Gasteiger partial charge in [-0.2, -0.15) is 0 Å². The number of hydrogen-bond donors (Lipinski definition) is 2. The number of benzene rings is 7. The SMILES string of the molecule is CCCCCCCCOc1ccc(-c2ccc(OCCCCCCCCCCCOc3cc(C(=O)OCCCCCCCCCCCP(=O)(O)O)cc(OCCCCCCCCCCCOc4ccc(-c5ccc(OCCCCCCCC)cc5)cc4)c3OCCCCCCCCCCCOc3ccc(-c4ccc(OCCCCCCCC)cc4)cc3)cc2)cc1. The molecule has 0 amide bonds. The van der Waals surface area contributed by atoms with Gasteiger partial charge in [-0.05, 0) is 189 Å². The summed E-state index contributed by atoms with van der Waals surface area (Å²) in [5.41, 5.74) is 7.47. The zero-order chi connectivity index (χ0) is 88.7. The van der Waals surface area contributed by atoms with Crippen LogP contribution in [0.2, 0.25) is 0 Å². The second-order valence-electron chi connectivity index (χ2n) is 35.1. The van der Waals surface area contributed by atoms with Crippen LogP contribution in [0.3, 0.4) is 0 Å². The fourth-order valence-electron chi connectivity index (χ4n) is 16.1. The fourth-order valence-corrected chi connectivity index (χ4v) is 16.7. The lowest BCUT2D eigenvalue weighted by Crippen LogP contribution is -2.11. The Bertz CT molecular complexity index is 3650. The van der Waals surface area contributed by atoms with Crippen molar-refractivity contribution in [3.63, 3.8) is 0 Å². The van der Waals surface area contributed by atoms with Crippen molar-refractivity contribution in [3.8, 4) is 85.1 Å². The van der Waals surface area contributed by atoms with E-state index in [9.17, 15) is 19.1 Å². The minimum Gasteiger partial charge on any atom is -0.494 e. The Kier molecular flexibility index (Phi) is 58.8. The molecular weight excluding hydrogens is 1590 g/mol. The third kappa shape index (κ3) is 50.4. The first kappa shape index (κ1) is 105. The monoisotopic (exact) mass is 1760 g/mol. The van der Waals surface area contributed by atoms with Gasteiger partial charge in [0.1, 0.15) is 34.5 Å². The van der Waals surface area contributed by atoms with Gasteiger partial charge in [0, 0.05) is 6.16 Å². The van der Waals surface area contributed by atoms with Crippen LogP contribution >= 0.6 is 7.60 Å². The molecule has 7 aromatic carbocycles. The van der Waals surface area contributed by atoms with Crippen molar-refractivity contribution < 1.29 is 66.5 Å². The summed E-state index contributed by atoms with van der Waals surface area (Å²) in [6.07, 6.45) is 61.5. The molecule has 14 nitrogen and oxygen atoms in total. The van der Waals surface area contributed by atoms with Gasteiger partial charge < -0.3 is 57.2 Å². The van der Waals surface area contributed by atoms with E-state index in [1.54, 1.807) is 0 Å². The van der Waals surface area contributed by atoms with E-state index in [-0.39, 0.29) is 12.1 Å². The topological polar surface area (TPSA) is 167 Å². The van der Waals surface area contributed by atoms with Crippen molar-refractivity contribution in [2.24, 2.45) is 0 Å². The molecule has 0 aliphatic heterocycles. The summed E-state index contributed by atoms with van der Waals surface area (Å²) in [5, 5.41) is 0. The molecule has 0 fully saturated rings. The minimum atomic E-state index is -3.92. The molecule has 126 heavy (non-hydrogen) atoms. The van der Waals surface area contributed by atoms with Crippen molar-refractivity contribution in [1.82, 2.24) is 0 Å². The number of esters is 1. The summed E-state index contributed by atoms with van der Waals surface area (Å²) >= 11 is 0. The standard InChI is InChI=1S/C111H167O14P/c1-4-7-10-13-36-47-82-116-102-70-58-95(59-71-102)98-64-76-105(77-65-98)119-85-50-39-28-20-16-23-31-42-53-88-122-108-93-101(111(112)125-91-56-45-34-26-19-27-35-46-57-92-126(113,114)115)94-109(123-89-54-43-32-24-17-21-29-40-51-86-120-106-78-66-99(67-79-106)96-60-72-103(73-61-96)117-83-48-37-14-11-8-5-2)110(108)124-90-55-44-33-25-18-22-30-41-52-87-121-107-80-68-100(69-81-107)97-62-74-104(75-63-97)118-84-49-38-15-12-9-6-3/h58-81,93-94H,4-57,82-92H2,1-3H3,(H2,113,114,115). The van der Waals surface area contributed by atoms with Crippen molar-refractivity contribution in [2.75, 3.05) is 72.2 Å². The summed E-state index contributed by atoms with van der Waals surface area (Å²) < 4.78 is 73.8. The quantitative estimate of drug-likeness (QED) is 0.0210. The third-order valence-corrected chi connectivity index (χ3v) is 24.8. The second kappa shape index (κ2) is 70.3. The molecule has 15 heteroatoms. The largest absolute Gasteiger partial charge is 0.494 e. The van der Waals surface area contributed by atoms with Crippen molar-refractivity contribution in [1.29, 1.82) is 0 Å². The molecule has 0 spiro atoms. The lowest BCUT2D eigenvalue weighted by atomic mass is 10.1. The average Bonchev–Trinajstić information content (AvgIpc) is 0.813. The summed E-state index contributed by atoms with van der Waals surface area (Å²) in [6.45, 7) is 13.2. The first-order valence-electron chi connectivity index (χ1n) is 50.7. The fraction of sp³-hybridized carbons (Fsp3) is 0.613.